The molecule has 0 saturated heterocycles. The largest absolute Gasteiger partial charge is 0.394 e. The van der Waals surface area contributed by atoms with E-state index in [-0.39, 0.29) is 12.1 Å². The molecule has 0 heterocycles. The highest BCUT2D eigenvalue weighted by Gasteiger charge is 2.23. The molecule has 1 aromatic rings. The number of benzene rings is 1. The highest BCUT2D eigenvalue weighted by atomic mass is 16.3. The van der Waals surface area contributed by atoms with E-state index in [1.54, 1.807) is 0 Å². The van der Waals surface area contributed by atoms with Gasteiger partial charge in [-0.25, -0.2) is 0 Å². The molecule has 0 aliphatic heterocycles. The Morgan fingerprint density at radius 2 is 1.86 bits per heavy atom. The Hall–Kier alpha value is -1.06. The Morgan fingerprint density at radius 1 is 1.24 bits per heavy atom. The van der Waals surface area contributed by atoms with Crippen LogP contribution in [0.1, 0.15) is 46.1 Å². The van der Waals surface area contributed by atoms with E-state index >= 15 is 0 Å². The van der Waals surface area contributed by atoms with Gasteiger partial charge in [0.2, 0.25) is 0 Å². The summed E-state index contributed by atoms with van der Waals surface area (Å²) in [5.41, 5.74) is 2.40. The second-order valence-electron chi connectivity index (χ2n) is 6.54. The van der Waals surface area contributed by atoms with Crippen LogP contribution in [0.2, 0.25) is 0 Å². The van der Waals surface area contributed by atoms with Gasteiger partial charge in [-0.2, -0.15) is 0 Å². The van der Waals surface area contributed by atoms with E-state index in [1.165, 1.54) is 11.3 Å². The van der Waals surface area contributed by atoms with Crippen LogP contribution in [0, 0.1) is 6.92 Å². The molecule has 0 spiro atoms. The maximum atomic E-state index is 9.63. The molecule has 3 heteroatoms. The summed E-state index contributed by atoms with van der Waals surface area (Å²) in [6.07, 6.45) is 2.04. The lowest BCUT2D eigenvalue weighted by Gasteiger charge is -2.32. The minimum absolute atomic E-state index is 0.180. The molecule has 0 aliphatic carbocycles. The van der Waals surface area contributed by atoms with Crippen LogP contribution in [-0.2, 0) is 0 Å². The first-order valence-corrected chi connectivity index (χ1v) is 8.10. The predicted molar refractivity (Wildman–Crippen MR) is 92.1 cm³/mol. The molecule has 0 aliphatic rings. The van der Waals surface area contributed by atoms with Gasteiger partial charge < -0.3 is 15.3 Å². The van der Waals surface area contributed by atoms with E-state index in [0.29, 0.717) is 6.04 Å². The normalized spacial score (nSPS) is 14.2. The fraction of sp³-hybridized carbons (Fsp3) is 0.667. The molecule has 2 N–H and O–H groups in total. The molecule has 0 radical (unpaired) electrons. The van der Waals surface area contributed by atoms with E-state index in [9.17, 15) is 5.11 Å². The van der Waals surface area contributed by atoms with Gasteiger partial charge in [0.25, 0.3) is 0 Å². The lowest BCUT2D eigenvalue weighted by molar-refractivity contribution is 0.155. The molecule has 0 fully saturated rings. The van der Waals surface area contributed by atoms with Crippen molar-refractivity contribution >= 4 is 5.69 Å². The second-order valence-corrected chi connectivity index (χ2v) is 6.54. The SMILES string of the molecule is CCN(CCCC(C)(CO)NC(C)C)c1ccc(C)cc1. The smallest absolute Gasteiger partial charge is 0.0610 e. The number of nitrogens with zero attached hydrogens (tertiary/aromatic N) is 1. The summed E-state index contributed by atoms with van der Waals surface area (Å²) in [6, 6.07) is 9.10. The summed E-state index contributed by atoms with van der Waals surface area (Å²) in [4.78, 5) is 2.40. The van der Waals surface area contributed by atoms with Crippen LogP contribution in [0.15, 0.2) is 24.3 Å². The third-order valence-electron chi connectivity index (χ3n) is 3.92. The molecular formula is C18H32N2O. The first-order valence-electron chi connectivity index (χ1n) is 8.10. The van der Waals surface area contributed by atoms with E-state index in [2.05, 4.69) is 69.1 Å². The van der Waals surface area contributed by atoms with Gasteiger partial charge in [0, 0.05) is 30.4 Å². The van der Waals surface area contributed by atoms with Crippen molar-refractivity contribution in [3.63, 3.8) is 0 Å². The van der Waals surface area contributed by atoms with Gasteiger partial charge in [0.05, 0.1) is 6.61 Å². The molecule has 0 saturated carbocycles. The van der Waals surface area contributed by atoms with Gasteiger partial charge in [-0.05, 0) is 45.7 Å². The maximum absolute atomic E-state index is 9.63. The Kier molecular flexibility index (Phi) is 7.20. The Bertz CT molecular complexity index is 402. The Morgan fingerprint density at radius 3 is 2.33 bits per heavy atom. The number of hydrogen-bond acceptors (Lipinski definition) is 3. The summed E-state index contributed by atoms with van der Waals surface area (Å²) in [5.74, 6) is 0. The topological polar surface area (TPSA) is 35.5 Å². The van der Waals surface area contributed by atoms with Crippen LogP contribution in [0.3, 0.4) is 0 Å². The van der Waals surface area contributed by atoms with Gasteiger partial charge >= 0.3 is 0 Å². The van der Waals surface area contributed by atoms with Crippen LogP contribution in [0.25, 0.3) is 0 Å². The van der Waals surface area contributed by atoms with Crippen LogP contribution in [0.5, 0.6) is 0 Å². The van der Waals surface area contributed by atoms with Crippen molar-refractivity contribution in [1.82, 2.24) is 5.32 Å². The van der Waals surface area contributed by atoms with Gasteiger partial charge in [-0.15, -0.1) is 0 Å². The van der Waals surface area contributed by atoms with Gasteiger partial charge in [0.15, 0.2) is 0 Å². The lowest BCUT2D eigenvalue weighted by atomic mass is 9.95. The monoisotopic (exact) mass is 292 g/mol. The third kappa shape index (κ3) is 6.06. The number of anilines is 1. The Balaban J connectivity index is 2.53. The van der Waals surface area contributed by atoms with Crippen LogP contribution in [0.4, 0.5) is 5.69 Å². The molecule has 21 heavy (non-hydrogen) atoms. The number of aryl methyl sites for hydroxylation is 1. The Labute approximate surface area is 130 Å². The number of nitrogens with one attached hydrogen (secondary N) is 1. The zero-order valence-corrected chi connectivity index (χ0v) is 14.3. The van der Waals surface area contributed by atoms with Crippen LogP contribution < -0.4 is 10.2 Å². The zero-order valence-electron chi connectivity index (χ0n) is 14.3. The maximum Gasteiger partial charge on any atom is 0.0610 e. The number of hydrogen-bond donors (Lipinski definition) is 2. The van der Waals surface area contributed by atoms with Crippen LogP contribution in [-0.4, -0.2) is 36.4 Å². The second kappa shape index (κ2) is 8.40. The number of aliphatic hydroxyl groups is 1. The molecule has 1 aromatic carbocycles. The summed E-state index contributed by atoms with van der Waals surface area (Å²) >= 11 is 0. The highest BCUT2D eigenvalue weighted by Crippen LogP contribution is 2.18. The van der Waals surface area contributed by atoms with Crippen molar-refractivity contribution in [2.75, 3.05) is 24.6 Å². The first-order chi connectivity index (χ1) is 9.90. The molecule has 120 valence electrons. The average molecular weight is 292 g/mol. The molecule has 0 aromatic heterocycles. The predicted octanol–water partition coefficient (Wildman–Crippen LogP) is 3.35. The minimum Gasteiger partial charge on any atom is -0.394 e. The summed E-state index contributed by atoms with van der Waals surface area (Å²) in [7, 11) is 0. The molecule has 1 atom stereocenters. The first kappa shape index (κ1) is 18.0. The van der Waals surface area contributed by atoms with Crippen LogP contribution >= 0.6 is 0 Å². The fourth-order valence-electron chi connectivity index (χ4n) is 2.78. The van der Waals surface area contributed by atoms with Crippen molar-refractivity contribution in [1.29, 1.82) is 0 Å². The average Bonchev–Trinajstić information content (AvgIpc) is 2.44. The third-order valence-corrected chi connectivity index (χ3v) is 3.92. The standard InChI is InChI=1S/C18H32N2O/c1-6-20(17-10-8-16(4)9-11-17)13-7-12-18(5,14-21)19-15(2)3/h8-11,15,19,21H,6-7,12-14H2,1-5H3. The van der Waals surface area contributed by atoms with Crippen molar-refractivity contribution < 1.29 is 5.11 Å². The quantitative estimate of drug-likeness (QED) is 0.732. The summed E-state index contributed by atoms with van der Waals surface area (Å²) < 4.78 is 0. The zero-order chi connectivity index (χ0) is 15.9. The van der Waals surface area contributed by atoms with Crippen molar-refractivity contribution in [3.05, 3.63) is 29.8 Å². The number of aliphatic hydroxyl groups excluding tert-OH is 1. The van der Waals surface area contributed by atoms with Crippen molar-refractivity contribution in [2.24, 2.45) is 0 Å². The van der Waals surface area contributed by atoms with Crippen molar-refractivity contribution in [3.8, 4) is 0 Å². The minimum atomic E-state index is -0.180. The van der Waals surface area contributed by atoms with Gasteiger partial charge in [-0.3, -0.25) is 0 Å². The van der Waals surface area contributed by atoms with E-state index in [1.807, 2.05) is 0 Å². The van der Waals surface area contributed by atoms with E-state index in [0.717, 1.165) is 25.9 Å². The molecule has 1 unspecified atom stereocenters. The molecule has 3 nitrogen and oxygen atoms in total. The number of rotatable bonds is 9. The molecule has 0 bridgehead atoms. The molecule has 1 rings (SSSR count). The lowest BCUT2D eigenvalue weighted by Crippen LogP contribution is -2.49. The van der Waals surface area contributed by atoms with Crippen molar-refractivity contribution in [2.45, 2.75) is 59.0 Å². The summed E-state index contributed by atoms with van der Waals surface area (Å²) in [5, 5.41) is 13.1. The molecular weight excluding hydrogens is 260 g/mol. The van der Waals surface area contributed by atoms with Gasteiger partial charge in [0.1, 0.15) is 0 Å². The fourth-order valence-corrected chi connectivity index (χ4v) is 2.78. The molecule has 0 amide bonds. The summed E-state index contributed by atoms with van der Waals surface area (Å²) in [6.45, 7) is 12.9. The van der Waals surface area contributed by atoms with E-state index < -0.39 is 0 Å². The highest BCUT2D eigenvalue weighted by molar-refractivity contribution is 5.47. The van der Waals surface area contributed by atoms with Gasteiger partial charge in [-0.1, -0.05) is 31.5 Å². The van der Waals surface area contributed by atoms with E-state index in [4.69, 9.17) is 0 Å².